The van der Waals surface area contributed by atoms with Gasteiger partial charge in [0.05, 0.1) is 29.7 Å². The van der Waals surface area contributed by atoms with E-state index in [1.165, 1.54) is 0 Å². The summed E-state index contributed by atoms with van der Waals surface area (Å²) in [6.07, 6.45) is 1.67. The summed E-state index contributed by atoms with van der Waals surface area (Å²) in [4.78, 5) is 27.0. The van der Waals surface area contributed by atoms with Gasteiger partial charge in [-0.05, 0) is 66.6 Å². The highest BCUT2D eigenvalue weighted by Crippen LogP contribution is 2.36. The minimum Gasteiger partial charge on any atom is -0.490 e. The van der Waals surface area contributed by atoms with Crippen LogP contribution in [0.5, 0.6) is 11.5 Å². The van der Waals surface area contributed by atoms with Crippen LogP contribution in [0.1, 0.15) is 34.7 Å². The van der Waals surface area contributed by atoms with Gasteiger partial charge in [0.25, 0.3) is 11.1 Å². The molecule has 1 fully saturated rings. The number of benzene rings is 3. The maximum Gasteiger partial charge on any atom is 0.293 e. The van der Waals surface area contributed by atoms with E-state index in [-0.39, 0.29) is 17.7 Å². The molecule has 0 radical (unpaired) electrons. The molecule has 3 aromatic rings. The van der Waals surface area contributed by atoms with Gasteiger partial charge in [0.2, 0.25) is 0 Å². The number of nitriles is 1. The number of carbonyl (C=O) groups is 2. The summed E-state index contributed by atoms with van der Waals surface area (Å²) in [6, 6.07) is 22.6. The van der Waals surface area contributed by atoms with Gasteiger partial charge < -0.3 is 9.47 Å². The van der Waals surface area contributed by atoms with Crippen LogP contribution >= 0.6 is 11.8 Å². The van der Waals surface area contributed by atoms with Crippen LogP contribution in [0.4, 0.5) is 4.79 Å². The summed E-state index contributed by atoms with van der Waals surface area (Å²) in [5, 5.41) is 8.94. The highest BCUT2D eigenvalue weighted by atomic mass is 32.2. The van der Waals surface area contributed by atoms with E-state index in [9.17, 15) is 14.9 Å². The van der Waals surface area contributed by atoms with Crippen molar-refractivity contribution >= 4 is 29.0 Å². The van der Waals surface area contributed by atoms with Crippen molar-refractivity contribution in [3.05, 3.63) is 99.5 Å². The van der Waals surface area contributed by atoms with Crippen molar-refractivity contribution in [2.45, 2.75) is 27.0 Å². The molecule has 0 saturated carbocycles. The molecule has 7 heteroatoms. The number of ether oxygens (including phenoxy) is 2. The number of imide groups is 1. The lowest BCUT2D eigenvalue weighted by atomic mass is 10.1. The third-order valence-corrected chi connectivity index (χ3v) is 6.29. The zero-order valence-corrected chi connectivity index (χ0v) is 20.3. The summed E-state index contributed by atoms with van der Waals surface area (Å²) in [7, 11) is 0. The number of amides is 2. The average Bonchev–Trinajstić information content (AvgIpc) is 3.11. The van der Waals surface area contributed by atoms with Gasteiger partial charge in [-0.15, -0.1) is 0 Å². The predicted molar refractivity (Wildman–Crippen MR) is 136 cm³/mol. The summed E-state index contributed by atoms with van der Waals surface area (Å²) < 4.78 is 11.8. The summed E-state index contributed by atoms with van der Waals surface area (Å²) >= 11 is 0.885. The molecule has 3 aromatic carbocycles. The van der Waals surface area contributed by atoms with Crippen LogP contribution in [-0.2, 0) is 17.9 Å². The monoisotopic (exact) mass is 484 g/mol. The van der Waals surface area contributed by atoms with Gasteiger partial charge in [-0.2, -0.15) is 5.26 Å². The van der Waals surface area contributed by atoms with E-state index in [1.54, 1.807) is 42.5 Å². The van der Waals surface area contributed by atoms with E-state index in [4.69, 9.17) is 9.47 Å². The Labute approximate surface area is 208 Å². The molecule has 0 aliphatic carbocycles. The van der Waals surface area contributed by atoms with Gasteiger partial charge >= 0.3 is 0 Å². The summed E-state index contributed by atoms with van der Waals surface area (Å²) in [5.41, 5.74) is 4.02. The first-order valence-electron chi connectivity index (χ1n) is 11.2. The fourth-order valence-corrected chi connectivity index (χ4v) is 4.53. The Balaban J connectivity index is 1.52. The second-order valence-corrected chi connectivity index (χ2v) is 8.95. The van der Waals surface area contributed by atoms with Gasteiger partial charge in [-0.25, -0.2) is 0 Å². The zero-order valence-electron chi connectivity index (χ0n) is 19.5. The molecule has 6 nitrogen and oxygen atoms in total. The molecule has 4 rings (SSSR count). The zero-order chi connectivity index (χ0) is 24.8. The largest absolute Gasteiger partial charge is 0.490 e. The molecule has 0 bridgehead atoms. The number of rotatable bonds is 8. The molecule has 0 spiro atoms. The maximum absolute atomic E-state index is 13.0. The van der Waals surface area contributed by atoms with Crippen molar-refractivity contribution in [2.75, 3.05) is 6.61 Å². The van der Waals surface area contributed by atoms with Crippen LogP contribution < -0.4 is 9.47 Å². The van der Waals surface area contributed by atoms with Gasteiger partial charge in [0.1, 0.15) is 6.61 Å². The molecule has 1 aliphatic heterocycles. The van der Waals surface area contributed by atoms with Crippen LogP contribution in [0.15, 0.2) is 71.6 Å². The van der Waals surface area contributed by atoms with Gasteiger partial charge in [-0.1, -0.05) is 54.1 Å². The Kier molecular flexibility index (Phi) is 7.54. The highest BCUT2D eigenvalue weighted by molar-refractivity contribution is 8.18. The molecular weight excluding hydrogens is 460 g/mol. The van der Waals surface area contributed by atoms with Crippen LogP contribution in [0, 0.1) is 18.3 Å². The number of hydrogen-bond acceptors (Lipinski definition) is 6. The van der Waals surface area contributed by atoms with E-state index < -0.39 is 0 Å². The second kappa shape index (κ2) is 10.9. The van der Waals surface area contributed by atoms with E-state index in [1.807, 2.05) is 38.1 Å². The number of carbonyl (C=O) groups excluding carboxylic acids is 2. The fraction of sp³-hybridized carbons (Fsp3) is 0.179. The van der Waals surface area contributed by atoms with E-state index in [0.717, 1.165) is 33.4 Å². The molecule has 1 heterocycles. The minimum absolute atomic E-state index is 0.0572. The van der Waals surface area contributed by atoms with Crippen LogP contribution in [0.25, 0.3) is 6.08 Å². The van der Waals surface area contributed by atoms with Crippen molar-refractivity contribution in [3.63, 3.8) is 0 Å². The topological polar surface area (TPSA) is 79.6 Å². The van der Waals surface area contributed by atoms with Gasteiger partial charge in [0.15, 0.2) is 11.5 Å². The molecule has 0 N–H and O–H groups in total. The number of aryl methyl sites for hydroxylation is 1. The summed E-state index contributed by atoms with van der Waals surface area (Å²) in [6.45, 7) is 4.85. The lowest BCUT2D eigenvalue weighted by molar-refractivity contribution is -0.123. The van der Waals surface area contributed by atoms with Crippen molar-refractivity contribution < 1.29 is 19.1 Å². The van der Waals surface area contributed by atoms with Gasteiger partial charge in [0, 0.05) is 0 Å². The molecule has 176 valence electrons. The molecule has 2 amide bonds. The molecule has 0 aromatic heterocycles. The molecule has 1 aliphatic rings. The van der Waals surface area contributed by atoms with Crippen molar-refractivity contribution in [1.82, 2.24) is 4.90 Å². The predicted octanol–water partition coefficient (Wildman–Crippen LogP) is 6.08. The standard InChI is InChI=1S/C28H24N2O4S/c1-3-33-25-14-20(11-12-24(25)34-18-21-8-6-7-19(2)13-21)15-26-27(31)30(28(32)35-26)17-23-10-5-4-9-22(23)16-29/h4-15H,3,17-18H2,1-2H3/b26-15-. The summed E-state index contributed by atoms with van der Waals surface area (Å²) in [5.74, 6) is 0.785. The van der Waals surface area contributed by atoms with Crippen LogP contribution in [0.3, 0.4) is 0 Å². The number of hydrogen-bond donors (Lipinski definition) is 0. The lowest BCUT2D eigenvalue weighted by Crippen LogP contribution is -2.27. The molecule has 1 saturated heterocycles. The van der Waals surface area contributed by atoms with Crippen LogP contribution in [0.2, 0.25) is 0 Å². The Morgan fingerprint density at radius 1 is 1.00 bits per heavy atom. The first-order chi connectivity index (χ1) is 17.0. The first kappa shape index (κ1) is 24.1. The molecule has 0 unspecified atom stereocenters. The first-order valence-corrected chi connectivity index (χ1v) is 12.0. The number of nitrogens with zero attached hydrogens (tertiary/aromatic N) is 2. The van der Waals surface area contributed by atoms with Gasteiger partial charge in [-0.3, -0.25) is 14.5 Å². The quantitative estimate of drug-likeness (QED) is 0.361. The Hall–Kier alpha value is -4.02. The van der Waals surface area contributed by atoms with E-state index in [0.29, 0.717) is 40.7 Å². The molecular formula is C28H24N2O4S. The highest BCUT2D eigenvalue weighted by Gasteiger charge is 2.35. The van der Waals surface area contributed by atoms with E-state index in [2.05, 4.69) is 12.1 Å². The molecule has 0 atom stereocenters. The second-order valence-electron chi connectivity index (χ2n) is 7.95. The van der Waals surface area contributed by atoms with Crippen molar-refractivity contribution in [3.8, 4) is 17.6 Å². The Morgan fingerprint density at radius 2 is 1.83 bits per heavy atom. The third kappa shape index (κ3) is 5.73. The smallest absolute Gasteiger partial charge is 0.293 e. The van der Waals surface area contributed by atoms with Crippen molar-refractivity contribution in [1.29, 1.82) is 5.26 Å². The van der Waals surface area contributed by atoms with E-state index >= 15 is 0 Å². The molecule has 35 heavy (non-hydrogen) atoms. The van der Waals surface area contributed by atoms with Crippen molar-refractivity contribution in [2.24, 2.45) is 0 Å². The normalized spacial score (nSPS) is 14.3. The number of thioether (sulfide) groups is 1. The van der Waals surface area contributed by atoms with Crippen LogP contribution in [-0.4, -0.2) is 22.7 Å². The maximum atomic E-state index is 13.0. The Bertz CT molecular complexity index is 1340. The average molecular weight is 485 g/mol. The fourth-order valence-electron chi connectivity index (χ4n) is 3.69. The Morgan fingerprint density at radius 3 is 2.60 bits per heavy atom. The lowest BCUT2D eigenvalue weighted by Gasteiger charge is -2.14. The third-order valence-electron chi connectivity index (χ3n) is 5.38. The SMILES string of the molecule is CCOc1cc(/C=C2\SC(=O)N(Cc3ccccc3C#N)C2=O)ccc1OCc1cccc(C)c1. The minimum atomic E-state index is -0.384.